The molecule has 0 bridgehead atoms. The minimum absolute atomic E-state index is 0.00144. The molecule has 0 radical (unpaired) electrons. The Kier molecular flexibility index (Phi) is 4.02. The van der Waals surface area contributed by atoms with Crippen molar-refractivity contribution < 1.29 is 18.9 Å². The van der Waals surface area contributed by atoms with Crippen molar-refractivity contribution in [2.45, 2.75) is 90.4 Å². The Labute approximate surface area is 110 Å². The van der Waals surface area contributed by atoms with Gasteiger partial charge in [-0.05, 0) is 27.7 Å². The van der Waals surface area contributed by atoms with Crippen LogP contribution in [0.2, 0.25) is 0 Å². The van der Waals surface area contributed by atoms with E-state index in [1.165, 1.54) is 0 Å². The third-order valence-electron chi connectivity index (χ3n) is 3.66. The highest BCUT2D eigenvalue weighted by Crippen LogP contribution is 2.42. The molecule has 4 heteroatoms. The van der Waals surface area contributed by atoms with E-state index < -0.39 is 5.79 Å². The highest BCUT2D eigenvalue weighted by molar-refractivity contribution is 5.01. The molecule has 106 valence electrons. The summed E-state index contributed by atoms with van der Waals surface area (Å²) in [6.45, 7) is 12.0. The molecular weight excluding hydrogens is 232 g/mol. The summed E-state index contributed by atoms with van der Waals surface area (Å²) in [4.78, 5) is 0. The highest BCUT2D eigenvalue weighted by atomic mass is 16.8. The van der Waals surface area contributed by atoms with Crippen LogP contribution in [-0.4, -0.2) is 42.4 Å². The maximum Gasteiger partial charge on any atom is 0.164 e. The molecule has 6 unspecified atom stereocenters. The molecule has 3 saturated heterocycles. The minimum Gasteiger partial charge on any atom is -0.370 e. The Morgan fingerprint density at radius 3 is 2.17 bits per heavy atom. The molecule has 0 aromatic rings. The van der Waals surface area contributed by atoms with Gasteiger partial charge in [0.05, 0.1) is 18.3 Å². The van der Waals surface area contributed by atoms with Crippen LogP contribution >= 0.6 is 0 Å². The van der Waals surface area contributed by atoms with E-state index in [1.807, 2.05) is 27.7 Å². The van der Waals surface area contributed by atoms with E-state index in [1.54, 1.807) is 0 Å². The van der Waals surface area contributed by atoms with Gasteiger partial charge < -0.3 is 18.9 Å². The fraction of sp³-hybridized carbons (Fsp3) is 1.00. The molecule has 6 atom stereocenters. The molecule has 3 aliphatic rings. The van der Waals surface area contributed by atoms with Crippen LogP contribution in [-0.2, 0) is 18.9 Å². The lowest BCUT2D eigenvalue weighted by atomic mass is 9.95. The number of hydrogen-bond acceptors (Lipinski definition) is 4. The van der Waals surface area contributed by atoms with E-state index in [4.69, 9.17) is 18.9 Å². The number of fused-ring (bicyclic) bond motifs is 3. The van der Waals surface area contributed by atoms with Crippen LogP contribution in [0.5, 0.6) is 0 Å². The Bertz CT molecular complexity index is 292. The molecule has 0 saturated carbocycles. The van der Waals surface area contributed by atoms with E-state index in [2.05, 4.69) is 13.8 Å². The normalized spacial score (nSPS) is 49.0. The summed E-state index contributed by atoms with van der Waals surface area (Å²) in [5, 5.41) is 0. The summed E-state index contributed by atoms with van der Waals surface area (Å²) < 4.78 is 23.7. The summed E-state index contributed by atoms with van der Waals surface area (Å²) in [6.07, 6.45) is 1.54. The van der Waals surface area contributed by atoms with Crippen molar-refractivity contribution in [2.75, 3.05) is 0 Å². The molecule has 3 aliphatic heterocycles. The Balaban J connectivity index is 0.000000574. The van der Waals surface area contributed by atoms with Gasteiger partial charge in [0.25, 0.3) is 0 Å². The molecule has 0 spiro atoms. The lowest BCUT2D eigenvalue weighted by Crippen LogP contribution is -2.53. The molecule has 0 aliphatic carbocycles. The minimum atomic E-state index is -0.517. The summed E-state index contributed by atoms with van der Waals surface area (Å²) in [5.74, 6) is -0.517. The molecule has 0 N–H and O–H groups in total. The average molecular weight is 258 g/mol. The molecule has 18 heavy (non-hydrogen) atoms. The van der Waals surface area contributed by atoms with Gasteiger partial charge in [-0.3, -0.25) is 0 Å². The van der Waals surface area contributed by atoms with Crippen molar-refractivity contribution in [3.05, 3.63) is 0 Å². The molecule has 4 nitrogen and oxygen atoms in total. The first-order valence-electron chi connectivity index (χ1n) is 7.13. The molecule has 0 aromatic heterocycles. The van der Waals surface area contributed by atoms with E-state index >= 15 is 0 Å². The summed E-state index contributed by atoms with van der Waals surface area (Å²) in [7, 11) is 0. The topological polar surface area (TPSA) is 36.9 Å². The second-order valence-corrected chi connectivity index (χ2v) is 5.59. The third kappa shape index (κ3) is 2.44. The Morgan fingerprint density at radius 2 is 1.50 bits per heavy atom. The quantitative estimate of drug-likeness (QED) is 0.669. The molecule has 3 rings (SSSR count). The van der Waals surface area contributed by atoms with Gasteiger partial charge in [-0.2, -0.15) is 0 Å². The maximum absolute atomic E-state index is 5.96. The van der Waals surface area contributed by atoms with Crippen molar-refractivity contribution in [3.63, 3.8) is 0 Å². The first kappa shape index (κ1) is 14.3. The monoisotopic (exact) mass is 258 g/mol. The van der Waals surface area contributed by atoms with Gasteiger partial charge in [0.1, 0.15) is 18.3 Å². The van der Waals surface area contributed by atoms with Crippen molar-refractivity contribution >= 4 is 0 Å². The second-order valence-electron chi connectivity index (χ2n) is 5.59. The zero-order valence-electron chi connectivity index (χ0n) is 12.3. The van der Waals surface area contributed by atoms with Crippen molar-refractivity contribution in [3.8, 4) is 0 Å². The van der Waals surface area contributed by atoms with E-state index in [-0.39, 0.29) is 36.6 Å². The van der Waals surface area contributed by atoms with Crippen LogP contribution in [0.15, 0.2) is 0 Å². The van der Waals surface area contributed by atoms with Gasteiger partial charge in [0, 0.05) is 6.42 Å². The second kappa shape index (κ2) is 5.08. The smallest absolute Gasteiger partial charge is 0.164 e. The predicted molar refractivity (Wildman–Crippen MR) is 68.5 cm³/mol. The number of ether oxygens (including phenoxy) is 4. The van der Waals surface area contributed by atoms with Gasteiger partial charge in [-0.15, -0.1) is 0 Å². The highest BCUT2D eigenvalue weighted by Gasteiger charge is 2.56. The standard InChI is InChI=1S/C12H20O4.C2H6/c1-6-5-8-10(13-6)11-9(7(2)14-8)15-12(3,4)16-11;1-2/h6-11H,5H2,1-4H3;1-2H3. The third-order valence-corrected chi connectivity index (χ3v) is 3.66. The summed E-state index contributed by atoms with van der Waals surface area (Å²) in [5.41, 5.74) is 0. The van der Waals surface area contributed by atoms with E-state index in [9.17, 15) is 0 Å². The van der Waals surface area contributed by atoms with Gasteiger partial charge in [-0.25, -0.2) is 0 Å². The molecule has 3 fully saturated rings. The number of hydrogen-bond donors (Lipinski definition) is 0. The van der Waals surface area contributed by atoms with E-state index in [0.717, 1.165) is 6.42 Å². The van der Waals surface area contributed by atoms with Gasteiger partial charge in [-0.1, -0.05) is 13.8 Å². The largest absolute Gasteiger partial charge is 0.370 e. The zero-order valence-corrected chi connectivity index (χ0v) is 12.3. The zero-order chi connectivity index (χ0) is 13.5. The van der Waals surface area contributed by atoms with Gasteiger partial charge in [0.2, 0.25) is 0 Å². The Hall–Kier alpha value is -0.160. The molecule has 3 heterocycles. The van der Waals surface area contributed by atoms with Crippen LogP contribution in [0, 0.1) is 0 Å². The summed E-state index contributed by atoms with van der Waals surface area (Å²) >= 11 is 0. The molecular formula is C14H26O4. The van der Waals surface area contributed by atoms with Crippen LogP contribution in [0.3, 0.4) is 0 Å². The van der Waals surface area contributed by atoms with Crippen LogP contribution in [0.4, 0.5) is 0 Å². The van der Waals surface area contributed by atoms with Crippen LogP contribution < -0.4 is 0 Å². The number of rotatable bonds is 0. The Morgan fingerprint density at radius 1 is 0.889 bits per heavy atom. The predicted octanol–water partition coefficient (Wildman–Crippen LogP) is 2.50. The van der Waals surface area contributed by atoms with Crippen molar-refractivity contribution in [1.82, 2.24) is 0 Å². The van der Waals surface area contributed by atoms with Crippen LogP contribution in [0.25, 0.3) is 0 Å². The van der Waals surface area contributed by atoms with Crippen molar-refractivity contribution in [2.24, 2.45) is 0 Å². The SMILES string of the molecule is CC.CC1CC2OC(C)C3OC(C)(C)OC3C2O1. The lowest BCUT2D eigenvalue weighted by molar-refractivity contribution is -0.167. The fourth-order valence-electron chi connectivity index (χ4n) is 3.08. The van der Waals surface area contributed by atoms with Gasteiger partial charge in [0.15, 0.2) is 5.79 Å². The first-order valence-corrected chi connectivity index (χ1v) is 7.13. The lowest BCUT2D eigenvalue weighted by Gasteiger charge is -2.37. The molecule has 0 amide bonds. The first-order chi connectivity index (χ1) is 8.46. The fourth-order valence-corrected chi connectivity index (χ4v) is 3.08. The average Bonchev–Trinajstić information content (AvgIpc) is 2.81. The van der Waals surface area contributed by atoms with Gasteiger partial charge >= 0.3 is 0 Å². The summed E-state index contributed by atoms with van der Waals surface area (Å²) in [6, 6.07) is 0. The van der Waals surface area contributed by atoms with Crippen molar-refractivity contribution in [1.29, 1.82) is 0 Å². The molecule has 0 aromatic carbocycles. The maximum atomic E-state index is 5.96. The van der Waals surface area contributed by atoms with Crippen LogP contribution in [0.1, 0.15) is 48.0 Å². The van der Waals surface area contributed by atoms with E-state index in [0.29, 0.717) is 0 Å².